The molecule has 5 N–H and O–H groups in total. The largest absolute Gasteiger partial charge is 0.456 e. The molecule has 55 heavy (non-hydrogen) atoms. The number of carbonyl (C=O) groups excluding carboxylic acids is 1. The summed E-state index contributed by atoms with van der Waals surface area (Å²) in [6.07, 6.45) is 6.73. The molecular formula is C41H51N4O8S2+. The Morgan fingerprint density at radius 2 is 1.73 bits per heavy atom. The van der Waals surface area contributed by atoms with Gasteiger partial charge in [0.1, 0.15) is 24.6 Å². The lowest BCUT2D eigenvalue weighted by Gasteiger charge is -2.30. The summed E-state index contributed by atoms with van der Waals surface area (Å²) in [7, 11) is -8.81. The quantitative estimate of drug-likeness (QED) is 0.0822. The van der Waals surface area contributed by atoms with Gasteiger partial charge in [-0.05, 0) is 100 Å². The first-order chi connectivity index (χ1) is 26.1. The van der Waals surface area contributed by atoms with E-state index in [4.69, 9.17) is 10.2 Å². The molecule has 2 heterocycles. The van der Waals surface area contributed by atoms with Crippen molar-refractivity contribution in [2.24, 2.45) is 5.73 Å². The van der Waals surface area contributed by atoms with Gasteiger partial charge in [-0.2, -0.15) is 16.8 Å². The molecule has 294 valence electrons. The summed E-state index contributed by atoms with van der Waals surface area (Å²) in [4.78, 5) is 14.2. The second-order valence-electron chi connectivity index (χ2n) is 13.9. The van der Waals surface area contributed by atoms with Gasteiger partial charge in [0.25, 0.3) is 20.2 Å². The Bertz CT molecular complexity index is 2350. The van der Waals surface area contributed by atoms with E-state index in [1.54, 1.807) is 6.07 Å². The van der Waals surface area contributed by atoms with Gasteiger partial charge in [-0.25, -0.2) is 4.58 Å². The van der Waals surface area contributed by atoms with Crippen molar-refractivity contribution in [1.82, 2.24) is 9.89 Å². The van der Waals surface area contributed by atoms with Crippen LogP contribution in [0, 0.1) is 6.92 Å². The van der Waals surface area contributed by atoms with Gasteiger partial charge < -0.3 is 20.4 Å². The molecule has 3 aliphatic rings. The normalized spacial score (nSPS) is 16.6. The van der Waals surface area contributed by atoms with Crippen LogP contribution in [0.5, 0.6) is 0 Å². The number of fused-ring (bicyclic) bond motifs is 2. The second-order valence-corrected chi connectivity index (χ2v) is 16.9. The Morgan fingerprint density at radius 1 is 1.00 bits per heavy atom. The van der Waals surface area contributed by atoms with Crippen LogP contribution in [0.3, 0.4) is 0 Å². The minimum atomic E-state index is -4.56. The molecule has 0 radical (unpaired) electrons. The monoisotopic (exact) mass is 791 g/mol. The van der Waals surface area contributed by atoms with Crippen LogP contribution < -0.4 is 25.9 Å². The van der Waals surface area contributed by atoms with E-state index in [9.17, 15) is 30.7 Å². The summed E-state index contributed by atoms with van der Waals surface area (Å²) >= 11 is 0. The van der Waals surface area contributed by atoms with Crippen LogP contribution in [-0.2, 0) is 30.4 Å². The van der Waals surface area contributed by atoms with Crippen molar-refractivity contribution in [3.63, 3.8) is 0 Å². The zero-order valence-corrected chi connectivity index (χ0v) is 33.4. The smallest absolute Gasteiger partial charge is 0.294 e. The number of nitrogens with two attached hydrogens (primary N) is 1. The SMILES string of the molecule is CC[N+](CC)=c1ccc2c(-c3ccccc3)c(C)c(/C=C/C=C3\N(CCCS(=O)(=O)O)c4ccc(S(=O)(=O)O)cc4C3(C)CCCC(=O)NCCN)oc-2c1. The van der Waals surface area contributed by atoms with Crippen LogP contribution in [0.25, 0.3) is 28.5 Å². The van der Waals surface area contributed by atoms with E-state index in [-0.39, 0.29) is 30.2 Å². The van der Waals surface area contributed by atoms with Gasteiger partial charge in [-0.1, -0.05) is 36.4 Å². The second kappa shape index (κ2) is 17.5. The standard InChI is InChI=1S/C41H50N4O8S2/c1-5-44(6-2)31-18-20-33-37(27-31)53-36(29(3)40(33)30-13-8-7-9-14-30)15-10-16-38-41(4,22-11-17-39(46)43-24-23-42)34-28-32(55(50,51)52)19-21-35(34)45(38)25-12-26-54(47,48)49/h7-10,13-16,18-21,27-28H,5-6,11-12,17,22-26,42H2,1-4H3,(H2-,43,46,47,48,49,50,51,52)/p+1. The Labute approximate surface area is 323 Å². The molecule has 2 aliphatic heterocycles. The van der Waals surface area contributed by atoms with E-state index < -0.39 is 31.4 Å². The van der Waals surface area contributed by atoms with E-state index in [0.717, 1.165) is 52.2 Å². The molecule has 0 saturated heterocycles. The van der Waals surface area contributed by atoms with Crippen molar-refractivity contribution in [2.45, 2.75) is 63.7 Å². The molecule has 5 rings (SSSR count). The predicted octanol–water partition coefficient (Wildman–Crippen LogP) is 5.62. The van der Waals surface area contributed by atoms with Gasteiger partial charge in [-0.15, -0.1) is 0 Å². The van der Waals surface area contributed by atoms with Crippen LogP contribution in [0.2, 0.25) is 0 Å². The van der Waals surface area contributed by atoms with Crippen LogP contribution >= 0.6 is 0 Å². The zero-order valence-electron chi connectivity index (χ0n) is 31.8. The highest BCUT2D eigenvalue weighted by Gasteiger charge is 2.43. The predicted molar refractivity (Wildman–Crippen MR) is 217 cm³/mol. The first-order valence-electron chi connectivity index (χ1n) is 18.5. The molecule has 0 fully saturated rings. The van der Waals surface area contributed by atoms with Gasteiger partial charge in [0.2, 0.25) is 11.3 Å². The summed E-state index contributed by atoms with van der Waals surface area (Å²) in [6, 6.07) is 20.7. The third-order valence-corrected chi connectivity index (χ3v) is 11.9. The molecule has 0 spiro atoms. The number of benzene rings is 3. The van der Waals surface area contributed by atoms with E-state index in [1.807, 2.05) is 55.2 Å². The van der Waals surface area contributed by atoms with Crippen molar-refractivity contribution in [3.8, 4) is 22.5 Å². The van der Waals surface area contributed by atoms with Crippen molar-refractivity contribution in [2.75, 3.05) is 43.4 Å². The zero-order chi connectivity index (χ0) is 40.0. The van der Waals surface area contributed by atoms with Crippen molar-refractivity contribution < 1.29 is 35.2 Å². The van der Waals surface area contributed by atoms with Gasteiger partial charge in [0.05, 0.1) is 16.7 Å². The molecule has 1 atom stereocenters. The van der Waals surface area contributed by atoms with Crippen LogP contribution in [0.1, 0.15) is 63.3 Å². The molecule has 12 nitrogen and oxygen atoms in total. The van der Waals surface area contributed by atoms with Crippen LogP contribution in [-0.4, -0.2) is 70.3 Å². The molecule has 1 aliphatic carbocycles. The molecule has 2 aromatic rings. The van der Waals surface area contributed by atoms with E-state index in [2.05, 4.69) is 54.1 Å². The van der Waals surface area contributed by atoms with Gasteiger partial charge in [-0.3, -0.25) is 13.9 Å². The highest BCUT2D eigenvalue weighted by molar-refractivity contribution is 7.86. The maximum Gasteiger partial charge on any atom is 0.294 e. The molecular weight excluding hydrogens is 741 g/mol. The fourth-order valence-electron chi connectivity index (χ4n) is 7.47. The first-order valence-corrected chi connectivity index (χ1v) is 21.6. The number of allylic oxidation sites excluding steroid dienone is 3. The Hall–Kier alpha value is -4.60. The van der Waals surface area contributed by atoms with E-state index >= 15 is 0 Å². The van der Waals surface area contributed by atoms with Crippen molar-refractivity contribution in [1.29, 1.82) is 0 Å². The molecule has 2 aromatic carbocycles. The molecule has 1 unspecified atom stereocenters. The van der Waals surface area contributed by atoms with Crippen molar-refractivity contribution in [3.05, 3.63) is 107 Å². The van der Waals surface area contributed by atoms with E-state index in [1.165, 1.54) is 12.1 Å². The minimum Gasteiger partial charge on any atom is -0.456 e. The van der Waals surface area contributed by atoms with Crippen molar-refractivity contribution >= 4 is 37.9 Å². The third-order valence-electron chi connectivity index (χ3n) is 10.2. The van der Waals surface area contributed by atoms with E-state index in [0.29, 0.717) is 42.9 Å². The lowest BCUT2D eigenvalue weighted by molar-refractivity contribution is -0.121. The third kappa shape index (κ3) is 9.62. The number of amides is 1. The maximum absolute atomic E-state index is 12.6. The number of nitrogens with zero attached hydrogens (tertiary/aromatic N) is 2. The first kappa shape index (κ1) is 41.6. The number of nitrogens with one attached hydrogen (secondary N) is 1. The maximum atomic E-state index is 12.6. The van der Waals surface area contributed by atoms with Gasteiger partial charge in [0, 0.05) is 60.0 Å². The fourth-order valence-corrected chi connectivity index (χ4v) is 8.47. The number of hydrogen-bond acceptors (Lipinski definition) is 8. The Balaban J connectivity index is 1.67. The summed E-state index contributed by atoms with van der Waals surface area (Å²) < 4.78 is 76.5. The topological polar surface area (TPSA) is 183 Å². The van der Waals surface area contributed by atoms with Crippen LogP contribution in [0.4, 0.5) is 5.69 Å². The number of rotatable bonds is 16. The summed E-state index contributed by atoms with van der Waals surface area (Å²) in [6.45, 7) is 10.7. The average molecular weight is 792 g/mol. The molecule has 0 aromatic heterocycles. The lowest BCUT2D eigenvalue weighted by Crippen LogP contribution is -2.31. The minimum absolute atomic E-state index is 0.0748. The average Bonchev–Trinajstić information content (AvgIpc) is 3.37. The highest BCUT2D eigenvalue weighted by Crippen LogP contribution is 2.51. The molecule has 14 heteroatoms. The van der Waals surface area contributed by atoms with Crippen LogP contribution in [0.15, 0.2) is 93.9 Å². The number of carbonyl (C=O) groups is 1. The molecule has 1 amide bonds. The summed E-state index contributed by atoms with van der Waals surface area (Å²) in [5.41, 5.74) is 10.6. The number of hydrogen-bond donors (Lipinski definition) is 4. The Kier molecular flexibility index (Phi) is 13.2. The lowest BCUT2D eigenvalue weighted by atomic mass is 9.77. The van der Waals surface area contributed by atoms with Gasteiger partial charge in [0.15, 0.2) is 0 Å². The fraction of sp³-hybridized carbons (Fsp3) is 0.366. The van der Waals surface area contributed by atoms with Gasteiger partial charge >= 0.3 is 0 Å². The highest BCUT2D eigenvalue weighted by atomic mass is 32.2. The molecule has 0 bridgehead atoms. The number of anilines is 1. The summed E-state index contributed by atoms with van der Waals surface area (Å²) in [5, 5.41) is 3.82. The summed E-state index contributed by atoms with van der Waals surface area (Å²) in [5.74, 6) is 0.703. The Morgan fingerprint density at radius 3 is 2.38 bits per heavy atom. The molecule has 0 saturated carbocycles.